The van der Waals surface area contributed by atoms with Crippen LogP contribution in [0.3, 0.4) is 0 Å². The van der Waals surface area contributed by atoms with Crippen LogP contribution in [0.2, 0.25) is 0 Å². The zero-order valence-corrected chi connectivity index (χ0v) is 7.25. The van der Waals surface area contributed by atoms with Gasteiger partial charge in [-0.2, -0.15) is 0 Å². The van der Waals surface area contributed by atoms with E-state index >= 15 is 0 Å². The number of thiol groups is 1. The van der Waals surface area contributed by atoms with E-state index in [1.165, 1.54) is 0 Å². The van der Waals surface area contributed by atoms with Gasteiger partial charge in [-0.15, -0.1) is 12.6 Å². The normalized spacial score (nSPS) is 15.2. The summed E-state index contributed by atoms with van der Waals surface area (Å²) >= 11 is 3.67. The fraction of sp³-hybridized carbons (Fsp3) is 0.667. The first-order valence-corrected chi connectivity index (χ1v) is 3.77. The van der Waals surface area contributed by atoms with Crippen molar-refractivity contribution in [2.24, 2.45) is 5.73 Å². The van der Waals surface area contributed by atoms with Gasteiger partial charge in [0.05, 0.1) is 0 Å². The molecule has 0 heterocycles. The van der Waals surface area contributed by atoms with Gasteiger partial charge >= 0.3 is 11.9 Å². The van der Waals surface area contributed by atoms with Crippen LogP contribution in [0.15, 0.2) is 0 Å². The number of hydrogen-bond acceptors (Lipinski definition) is 4. The number of aliphatic carboxylic acids is 2. The molecule has 12 heavy (non-hydrogen) atoms. The summed E-state index contributed by atoms with van der Waals surface area (Å²) in [6.07, 6.45) is 0.159. The quantitative estimate of drug-likeness (QED) is 0.361. The Labute approximate surface area is 75.0 Å². The van der Waals surface area contributed by atoms with Gasteiger partial charge in [0.1, 0.15) is 0 Å². The molecule has 4 N–H and O–H groups in total. The Morgan fingerprint density at radius 2 is 1.92 bits per heavy atom. The molecule has 0 amide bonds. The van der Waals surface area contributed by atoms with Gasteiger partial charge < -0.3 is 15.9 Å². The molecule has 0 fully saturated rings. The molecule has 0 aliphatic heterocycles. The minimum absolute atomic E-state index is 0.0394. The predicted molar refractivity (Wildman–Crippen MR) is 45.0 cm³/mol. The van der Waals surface area contributed by atoms with Crippen molar-refractivity contribution in [2.75, 3.05) is 0 Å². The number of carboxylic acids is 2. The molecule has 0 radical (unpaired) electrons. The smallest absolute Gasteiger partial charge is 0.333 e. The van der Waals surface area contributed by atoms with Gasteiger partial charge in [0.2, 0.25) is 0 Å². The molecule has 0 aromatic rings. The summed E-state index contributed by atoms with van der Waals surface area (Å²) in [7, 11) is 0. The average Bonchev–Trinajstić information content (AvgIpc) is 1.85. The molecular formula is C6H11NO4S. The highest BCUT2D eigenvalue weighted by molar-refractivity contribution is 7.82. The molecule has 0 rings (SSSR count). The molecule has 6 heteroatoms. The minimum Gasteiger partial charge on any atom is -0.481 e. The third kappa shape index (κ3) is 4.20. The maximum atomic E-state index is 10.3. The monoisotopic (exact) mass is 193 g/mol. The lowest BCUT2D eigenvalue weighted by atomic mass is 10.1. The first kappa shape index (κ1) is 11.2. The van der Waals surface area contributed by atoms with Gasteiger partial charge in [-0.25, -0.2) is 4.79 Å². The number of carbonyl (C=O) groups is 2. The van der Waals surface area contributed by atoms with Crippen LogP contribution in [0.1, 0.15) is 19.3 Å². The van der Waals surface area contributed by atoms with Gasteiger partial charge in [-0.3, -0.25) is 4.79 Å². The maximum absolute atomic E-state index is 10.3. The van der Waals surface area contributed by atoms with E-state index in [1.54, 1.807) is 0 Å². The van der Waals surface area contributed by atoms with Crippen molar-refractivity contribution in [3.8, 4) is 0 Å². The molecule has 0 spiro atoms. The fourth-order valence-corrected chi connectivity index (χ4v) is 0.774. The van der Waals surface area contributed by atoms with E-state index in [2.05, 4.69) is 12.6 Å². The first-order chi connectivity index (χ1) is 5.36. The Hall–Kier alpha value is -0.750. The molecular weight excluding hydrogens is 182 g/mol. The predicted octanol–water partition coefficient (Wildman–Crippen LogP) is -0.0893. The number of hydrogen-bond donors (Lipinski definition) is 4. The molecule has 0 saturated heterocycles. The highest BCUT2D eigenvalue weighted by Gasteiger charge is 2.28. The molecule has 0 aromatic heterocycles. The highest BCUT2D eigenvalue weighted by Crippen LogP contribution is 2.15. The largest absolute Gasteiger partial charge is 0.481 e. The molecule has 70 valence electrons. The van der Waals surface area contributed by atoms with Gasteiger partial charge in [-0.1, -0.05) is 0 Å². The number of carboxylic acid groups (broad SMARTS) is 2. The second-order valence-corrected chi connectivity index (χ2v) is 3.27. The summed E-state index contributed by atoms with van der Waals surface area (Å²) < 4.78 is 0. The van der Waals surface area contributed by atoms with Crippen LogP contribution in [0.5, 0.6) is 0 Å². The van der Waals surface area contributed by atoms with E-state index in [-0.39, 0.29) is 19.3 Å². The second kappa shape index (κ2) is 4.32. The van der Waals surface area contributed by atoms with Crippen LogP contribution in [-0.2, 0) is 9.59 Å². The summed E-state index contributed by atoms with van der Waals surface area (Å²) in [5.74, 6) is -2.21. The molecule has 0 saturated carbocycles. The van der Waals surface area contributed by atoms with Crippen LogP contribution < -0.4 is 5.73 Å². The van der Waals surface area contributed by atoms with Crippen molar-refractivity contribution < 1.29 is 19.8 Å². The minimum atomic E-state index is -1.62. The highest BCUT2D eigenvalue weighted by atomic mass is 32.1. The average molecular weight is 193 g/mol. The van der Waals surface area contributed by atoms with Crippen LogP contribution in [0.25, 0.3) is 0 Å². The molecule has 0 aliphatic carbocycles. The molecule has 1 atom stereocenters. The summed E-state index contributed by atoms with van der Waals surface area (Å²) in [6.45, 7) is 0. The van der Waals surface area contributed by atoms with Crippen LogP contribution >= 0.6 is 12.6 Å². The fourth-order valence-electron chi connectivity index (χ4n) is 0.616. The van der Waals surface area contributed by atoms with Crippen molar-refractivity contribution in [3.05, 3.63) is 0 Å². The molecule has 0 aromatic carbocycles. The van der Waals surface area contributed by atoms with Crippen molar-refractivity contribution in [1.82, 2.24) is 0 Å². The van der Waals surface area contributed by atoms with Gasteiger partial charge in [-0.05, 0) is 12.8 Å². The van der Waals surface area contributed by atoms with Crippen LogP contribution in [-0.4, -0.2) is 27.0 Å². The topological polar surface area (TPSA) is 101 Å². The van der Waals surface area contributed by atoms with Gasteiger partial charge in [0, 0.05) is 6.42 Å². The first-order valence-electron chi connectivity index (χ1n) is 3.32. The van der Waals surface area contributed by atoms with E-state index in [1.807, 2.05) is 0 Å². The van der Waals surface area contributed by atoms with E-state index in [0.29, 0.717) is 0 Å². The SMILES string of the molecule is NC(S)(CCCC(=O)O)C(=O)O. The molecule has 5 nitrogen and oxygen atoms in total. The van der Waals surface area contributed by atoms with E-state index in [4.69, 9.17) is 15.9 Å². The molecule has 1 unspecified atom stereocenters. The van der Waals surface area contributed by atoms with Gasteiger partial charge in [0.25, 0.3) is 0 Å². The zero-order valence-electron chi connectivity index (χ0n) is 6.36. The molecule has 0 bridgehead atoms. The maximum Gasteiger partial charge on any atom is 0.333 e. The number of rotatable bonds is 5. The second-order valence-electron chi connectivity index (χ2n) is 2.48. The van der Waals surface area contributed by atoms with Gasteiger partial charge in [0.15, 0.2) is 4.87 Å². The summed E-state index contributed by atoms with van der Waals surface area (Å²) in [5.41, 5.74) is 5.22. The van der Waals surface area contributed by atoms with Crippen LogP contribution in [0, 0.1) is 0 Å². The third-order valence-electron chi connectivity index (χ3n) is 1.32. The van der Waals surface area contributed by atoms with Crippen molar-refractivity contribution in [1.29, 1.82) is 0 Å². The summed E-state index contributed by atoms with van der Waals surface area (Å²) in [4.78, 5) is 18.8. The van der Waals surface area contributed by atoms with Crippen molar-refractivity contribution in [2.45, 2.75) is 24.1 Å². The van der Waals surface area contributed by atoms with E-state index in [0.717, 1.165) is 0 Å². The Morgan fingerprint density at radius 3 is 2.25 bits per heavy atom. The standard InChI is InChI=1S/C6H11NO4S/c7-6(12,5(10)11)3-1-2-4(8)9/h12H,1-3,7H2,(H,8,9)(H,10,11). The Balaban J connectivity index is 3.76. The van der Waals surface area contributed by atoms with Crippen LogP contribution in [0.4, 0.5) is 0 Å². The van der Waals surface area contributed by atoms with E-state index in [9.17, 15) is 9.59 Å². The lowest BCUT2D eigenvalue weighted by Gasteiger charge is -2.16. The van der Waals surface area contributed by atoms with Crippen molar-refractivity contribution in [3.63, 3.8) is 0 Å². The summed E-state index contributed by atoms with van der Waals surface area (Å²) in [5, 5.41) is 16.7. The lowest BCUT2D eigenvalue weighted by Crippen LogP contribution is -2.42. The lowest BCUT2D eigenvalue weighted by molar-refractivity contribution is -0.141. The third-order valence-corrected chi connectivity index (χ3v) is 1.73. The Morgan fingerprint density at radius 1 is 1.42 bits per heavy atom. The zero-order chi connectivity index (χ0) is 9.78. The Bertz CT molecular complexity index is 192. The summed E-state index contributed by atoms with van der Waals surface area (Å²) in [6, 6.07) is 0. The van der Waals surface area contributed by atoms with Crippen molar-refractivity contribution >= 4 is 24.6 Å². The Kier molecular flexibility index (Phi) is 4.05. The van der Waals surface area contributed by atoms with E-state index < -0.39 is 16.8 Å². The number of nitrogens with two attached hydrogens (primary N) is 1. The molecule has 0 aliphatic rings.